The monoisotopic (exact) mass is 307 g/mol. The molecule has 0 bridgehead atoms. The summed E-state index contributed by atoms with van der Waals surface area (Å²) < 4.78 is 0.708. The Morgan fingerprint density at radius 1 is 1.62 bits per heavy atom. The molecule has 1 amide bonds. The zero-order valence-electron chi connectivity index (χ0n) is 6.24. The van der Waals surface area contributed by atoms with Gasteiger partial charge in [0.05, 0.1) is 0 Å². The molecule has 0 saturated heterocycles. The van der Waals surface area contributed by atoms with Gasteiger partial charge in [0.2, 0.25) is 5.91 Å². The van der Waals surface area contributed by atoms with E-state index in [4.69, 9.17) is 17.1 Å². The summed E-state index contributed by atoms with van der Waals surface area (Å²) in [6, 6.07) is 4.82. The number of amides is 1. The predicted molar refractivity (Wildman–Crippen MR) is 57.6 cm³/mol. The number of rotatable bonds is 1. The van der Waals surface area contributed by atoms with Gasteiger partial charge in [-0.2, -0.15) is 0 Å². The molecule has 0 aliphatic heterocycles. The van der Waals surface area contributed by atoms with Crippen molar-refractivity contribution < 1.29 is 4.79 Å². The maximum Gasteiger partial charge on any atom is 0.250 e. The maximum atomic E-state index is 11.1. The summed E-state index contributed by atoms with van der Waals surface area (Å²) in [5, 5.41) is 3.42. The van der Waals surface area contributed by atoms with Crippen LogP contribution in [0.4, 0.5) is 0 Å². The summed E-state index contributed by atoms with van der Waals surface area (Å²) in [5.41, 5.74) is 8.39. The van der Waals surface area contributed by atoms with Gasteiger partial charge in [-0.05, 0) is 51.4 Å². The van der Waals surface area contributed by atoms with Crippen LogP contribution in [0.25, 0.3) is 10.4 Å². The first kappa shape index (κ1) is 10.3. The van der Waals surface area contributed by atoms with Crippen molar-refractivity contribution in [3.05, 3.63) is 42.8 Å². The third-order valence-electron chi connectivity index (χ3n) is 1.29. The minimum Gasteiger partial charge on any atom is -0.287 e. The highest BCUT2D eigenvalue weighted by molar-refractivity contribution is 14.1. The summed E-state index contributed by atoms with van der Waals surface area (Å²) in [7, 11) is 0. The largest absolute Gasteiger partial charge is 0.287 e. The fourth-order valence-corrected chi connectivity index (χ4v) is 1.49. The Bertz CT molecular complexity index is 401. The molecule has 1 rings (SSSR count). The Kier molecular flexibility index (Phi) is 3.53. The number of hydrogen-bond donors (Lipinski definition) is 0. The molecule has 4 nitrogen and oxygen atoms in total. The highest BCUT2D eigenvalue weighted by Crippen LogP contribution is 2.18. The third kappa shape index (κ3) is 2.58. The zero-order chi connectivity index (χ0) is 9.84. The molecule has 0 radical (unpaired) electrons. The molecule has 13 heavy (non-hydrogen) atoms. The Hall–Kier alpha value is -0.780. The van der Waals surface area contributed by atoms with Crippen LogP contribution >= 0.6 is 34.2 Å². The normalized spacial score (nSPS) is 9.08. The van der Waals surface area contributed by atoms with Gasteiger partial charge in [0.1, 0.15) is 0 Å². The first-order valence-corrected chi connectivity index (χ1v) is 4.65. The van der Waals surface area contributed by atoms with Crippen LogP contribution in [-0.2, 0) is 0 Å². The quantitative estimate of drug-likeness (QED) is 0.339. The van der Waals surface area contributed by atoms with Gasteiger partial charge in [0.15, 0.2) is 0 Å². The molecule has 0 saturated carbocycles. The second kappa shape index (κ2) is 4.45. The highest BCUT2D eigenvalue weighted by Gasteiger charge is 2.07. The molecule has 0 aliphatic rings. The predicted octanol–water partition coefficient (Wildman–Crippen LogP) is 3.40. The van der Waals surface area contributed by atoms with Crippen LogP contribution in [0, 0.1) is 3.57 Å². The lowest BCUT2D eigenvalue weighted by Gasteiger charge is -1.98. The van der Waals surface area contributed by atoms with Crippen molar-refractivity contribution in [2.24, 2.45) is 5.11 Å². The maximum absolute atomic E-state index is 11.1. The summed E-state index contributed by atoms with van der Waals surface area (Å²) in [6.07, 6.45) is 0. The van der Waals surface area contributed by atoms with E-state index >= 15 is 0 Å². The van der Waals surface area contributed by atoms with E-state index in [1.165, 1.54) is 6.07 Å². The van der Waals surface area contributed by atoms with Crippen LogP contribution in [0.5, 0.6) is 0 Å². The number of hydrogen-bond acceptors (Lipinski definition) is 1. The molecule has 0 fully saturated rings. The fraction of sp³-hybridized carbons (Fsp3) is 0. The smallest absolute Gasteiger partial charge is 0.250 e. The van der Waals surface area contributed by atoms with Gasteiger partial charge in [-0.3, -0.25) is 4.79 Å². The van der Waals surface area contributed by atoms with E-state index in [0.717, 1.165) is 0 Å². The molecule has 0 atom stereocenters. The van der Waals surface area contributed by atoms with Crippen LogP contribution in [-0.4, -0.2) is 5.91 Å². The average Bonchev–Trinajstić information content (AvgIpc) is 2.09. The molecular formula is C7H3ClIN3O. The number of nitrogens with zero attached hydrogens (tertiary/aromatic N) is 3. The lowest BCUT2D eigenvalue weighted by Crippen LogP contribution is -1.96. The number of azide groups is 1. The van der Waals surface area contributed by atoms with Crippen LogP contribution < -0.4 is 0 Å². The second-order valence-electron chi connectivity index (χ2n) is 2.12. The van der Waals surface area contributed by atoms with Crippen LogP contribution in [0.3, 0.4) is 0 Å². The number of halogens is 2. The molecular weight excluding hydrogens is 304 g/mol. The van der Waals surface area contributed by atoms with Crippen molar-refractivity contribution >= 4 is 40.1 Å². The van der Waals surface area contributed by atoms with Gasteiger partial charge >= 0.3 is 0 Å². The first-order valence-electron chi connectivity index (χ1n) is 3.19. The molecule has 1 aromatic rings. The van der Waals surface area contributed by atoms with E-state index < -0.39 is 5.91 Å². The van der Waals surface area contributed by atoms with Crippen molar-refractivity contribution in [2.45, 2.75) is 0 Å². The summed E-state index contributed by atoms with van der Waals surface area (Å²) in [6.45, 7) is 0. The Labute approximate surface area is 92.7 Å². The van der Waals surface area contributed by atoms with Gasteiger partial charge in [-0.1, -0.05) is 11.6 Å². The van der Waals surface area contributed by atoms with Gasteiger partial charge < -0.3 is 0 Å². The Morgan fingerprint density at radius 2 is 2.31 bits per heavy atom. The highest BCUT2D eigenvalue weighted by atomic mass is 127. The fourth-order valence-electron chi connectivity index (χ4n) is 0.756. The second-order valence-corrected chi connectivity index (χ2v) is 3.72. The van der Waals surface area contributed by atoms with Gasteiger partial charge in [0.25, 0.3) is 0 Å². The van der Waals surface area contributed by atoms with E-state index in [2.05, 4.69) is 10.0 Å². The van der Waals surface area contributed by atoms with E-state index in [0.29, 0.717) is 14.2 Å². The van der Waals surface area contributed by atoms with Crippen molar-refractivity contribution in [3.8, 4) is 0 Å². The molecule has 0 unspecified atom stereocenters. The van der Waals surface area contributed by atoms with Crippen molar-refractivity contribution in [2.75, 3.05) is 0 Å². The Morgan fingerprint density at radius 3 is 2.92 bits per heavy atom. The standard InChI is InChI=1S/C7H3ClIN3O/c8-4-1-2-6(9)5(3-4)7(13)11-12-10/h1-3H. The number of carbonyl (C=O) groups is 1. The van der Waals surface area contributed by atoms with Crippen molar-refractivity contribution in [1.82, 2.24) is 0 Å². The van der Waals surface area contributed by atoms with Crippen molar-refractivity contribution in [3.63, 3.8) is 0 Å². The summed E-state index contributed by atoms with van der Waals surface area (Å²) in [5.74, 6) is -0.616. The lowest BCUT2D eigenvalue weighted by atomic mass is 10.2. The Balaban J connectivity index is 3.20. The summed E-state index contributed by atoms with van der Waals surface area (Å²) >= 11 is 7.64. The minimum absolute atomic E-state index is 0.325. The topological polar surface area (TPSA) is 65.8 Å². The SMILES string of the molecule is [N-]=[N+]=NC(=O)c1cc(Cl)ccc1I. The molecule has 0 heterocycles. The number of carbonyl (C=O) groups excluding carboxylic acids is 1. The first-order chi connectivity index (χ1) is 6.15. The zero-order valence-corrected chi connectivity index (χ0v) is 9.15. The van der Waals surface area contributed by atoms with E-state index in [1.807, 2.05) is 22.6 Å². The third-order valence-corrected chi connectivity index (χ3v) is 2.47. The summed E-state index contributed by atoms with van der Waals surface area (Å²) in [4.78, 5) is 13.5. The molecule has 0 N–H and O–H groups in total. The van der Waals surface area contributed by atoms with E-state index in [1.54, 1.807) is 12.1 Å². The minimum atomic E-state index is -0.616. The van der Waals surface area contributed by atoms with E-state index in [9.17, 15) is 4.79 Å². The van der Waals surface area contributed by atoms with Crippen molar-refractivity contribution in [1.29, 1.82) is 0 Å². The van der Waals surface area contributed by atoms with Crippen LogP contribution in [0.1, 0.15) is 10.4 Å². The molecule has 66 valence electrons. The molecule has 0 spiro atoms. The van der Waals surface area contributed by atoms with E-state index in [-0.39, 0.29) is 0 Å². The lowest BCUT2D eigenvalue weighted by molar-refractivity contribution is 0.0999. The molecule has 1 aromatic carbocycles. The van der Waals surface area contributed by atoms with Gasteiger partial charge in [0, 0.05) is 19.1 Å². The average molecular weight is 307 g/mol. The number of benzene rings is 1. The van der Waals surface area contributed by atoms with Gasteiger partial charge in [-0.15, -0.1) is 0 Å². The van der Waals surface area contributed by atoms with Crippen LogP contribution in [0.2, 0.25) is 5.02 Å². The van der Waals surface area contributed by atoms with Gasteiger partial charge in [-0.25, -0.2) is 0 Å². The molecule has 0 aliphatic carbocycles. The molecule has 0 aromatic heterocycles. The molecule has 6 heteroatoms. The van der Waals surface area contributed by atoms with Crippen LogP contribution in [0.15, 0.2) is 23.3 Å².